The van der Waals surface area contributed by atoms with E-state index in [0.717, 1.165) is 49.5 Å². The molecular formula is C15H24N6O. The number of morpholine rings is 1. The Morgan fingerprint density at radius 2 is 2.05 bits per heavy atom. The van der Waals surface area contributed by atoms with Gasteiger partial charge in [-0.2, -0.15) is 5.10 Å². The smallest absolute Gasteiger partial charge is 0.163 e. The lowest BCUT2D eigenvalue weighted by molar-refractivity contribution is -0.0678. The molecule has 3 heterocycles. The predicted octanol–water partition coefficient (Wildman–Crippen LogP) is 1.27. The van der Waals surface area contributed by atoms with Gasteiger partial charge in [0.15, 0.2) is 5.65 Å². The Hall–Kier alpha value is -1.73. The van der Waals surface area contributed by atoms with Crippen LogP contribution in [0, 0.1) is 0 Å². The number of nitrogens with one attached hydrogen (secondary N) is 1. The third-order valence-corrected chi connectivity index (χ3v) is 3.97. The van der Waals surface area contributed by atoms with Crippen molar-refractivity contribution >= 4 is 16.9 Å². The molecule has 0 aliphatic carbocycles. The first kappa shape index (κ1) is 15.2. The molecule has 0 radical (unpaired) electrons. The maximum Gasteiger partial charge on any atom is 0.163 e. The van der Waals surface area contributed by atoms with Crippen LogP contribution in [0.3, 0.4) is 0 Å². The van der Waals surface area contributed by atoms with Crippen LogP contribution < -0.4 is 5.32 Å². The quantitative estimate of drug-likeness (QED) is 0.839. The van der Waals surface area contributed by atoms with Crippen molar-refractivity contribution < 1.29 is 4.74 Å². The highest BCUT2D eigenvalue weighted by atomic mass is 16.5. The third kappa shape index (κ3) is 3.36. The van der Waals surface area contributed by atoms with Gasteiger partial charge in [0.1, 0.15) is 12.1 Å². The highest BCUT2D eigenvalue weighted by Crippen LogP contribution is 2.17. The molecule has 120 valence electrons. The summed E-state index contributed by atoms with van der Waals surface area (Å²) in [7, 11) is 1.89. The van der Waals surface area contributed by atoms with Crippen molar-refractivity contribution in [3.05, 3.63) is 12.5 Å². The lowest BCUT2D eigenvalue weighted by atomic mass is 10.2. The summed E-state index contributed by atoms with van der Waals surface area (Å²) in [6.45, 7) is 8.28. The molecule has 2 atom stereocenters. The van der Waals surface area contributed by atoms with Crippen LogP contribution in [0.4, 0.5) is 5.82 Å². The number of aromatic nitrogens is 4. The Balaban J connectivity index is 1.50. The average Bonchev–Trinajstić information content (AvgIpc) is 2.85. The van der Waals surface area contributed by atoms with E-state index in [4.69, 9.17) is 4.74 Å². The Morgan fingerprint density at radius 1 is 1.27 bits per heavy atom. The summed E-state index contributed by atoms with van der Waals surface area (Å²) >= 11 is 0. The second-order valence-corrected chi connectivity index (χ2v) is 6.02. The van der Waals surface area contributed by atoms with Crippen molar-refractivity contribution in [1.82, 2.24) is 24.6 Å². The van der Waals surface area contributed by atoms with E-state index in [2.05, 4.69) is 39.1 Å². The molecule has 7 nitrogen and oxygen atoms in total. The van der Waals surface area contributed by atoms with Gasteiger partial charge < -0.3 is 10.1 Å². The maximum absolute atomic E-state index is 5.76. The van der Waals surface area contributed by atoms with Gasteiger partial charge in [0.05, 0.1) is 23.8 Å². The van der Waals surface area contributed by atoms with Gasteiger partial charge in [0, 0.05) is 33.2 Å². The standard InChI is InChI=1S/C15H24N6O/c1-11-8-21(9-12(2)22-11)6-4-5-16-14-13-7-19-20(3)15(13)18-10-17-14/h7,10-12H,4-6,8-9H2,1-3H3,(H,16,17,18). The van der Waals surface area contributed by atoms with Crippen molar-refractivity contribution in [2.75, 3.05) is 31.5 Å². The van der Waals surface area contributed by atoms with Crippen molar-refractivity contribution in [1.29, 1.82) is 0 Å². The number of aryl methyl sites for hydroxylation is 1. The normalized spacial score (nSPS) is 23.0. The van der Waals surface area contributed by atoms with E-state index >= 15 is 0 Å². The molecule has 1 fully saturated rings. The second kappa shape index (κ2) is 6.58. The molecule has 2 unspecified atom stereocenters. The Kier molecular flexibility index (Phi) is 4.54. The highest BCUT2D eigenvalue weighted by molar-refractivity contribution is 5.85. The lowest BCUT2D eigenvalue weighted by Crippen LogP contribution is -2.45. The summed E-state index contributed by atoms with van der Waals surface area (Å²) in [5.41, 5.74) is 0.855. The van der Waals surface area contributed by atoms with Crippen LogP contribution in [0.5, 0.6) is 0 Å². The van der Waals surface area contributed by atoms with Crippen LogP contribution in [-0.2, 0) is 11.8 Å². The molecule has 1 aliphatic heterocycles. The van der Waals surface area contributed by atoms with Crippen LogP contribution in [-0.4, -0.2) is 63.0 Å². The zero-order chi connectivity index (χ0) is 15.5. The lowest BCUT2D eigenvalue weighted by Gasteiger charge is -2.35. The minimum absolute atomic E-state index is 0.327. The summed E-state index contributed by atoms with van der Waals surface area (Å²) in [4.78, 5) is 11.0. The molecule has 0 spiro atoms. The van der Waals surface area contributed by atoms with Crippen LogP contribution in [0.2, 0.25) is 0 Å². The van der Waals surface area contributed by atoms with Crippen LogP contribution in [0.25, 0.3) is 11.0 Å². The van der Waals surface area contributed by atoms with Crippen LogP contribution in [0.15, 0.2) is 12.5 Å². The monoisotopic (exact) mass is 304 g/mol. The fourth-order valence-corrected chi connectivity index (χ4v) is 3.08. The fourth-order valence-electron chi connectivity index (χ4n) is 3.08. The molecule has 2 aromatic heterocycles. The fraction of sp³-hybridized carbons (Fsp3) is 0.667. The number of anilines is 1. The van der Waals surface area contributed by atoms with Crippen molar-refractivity contribution in [3.63, 3.8) is 0 Å². The van der Waals surface area contributed by atoms with E-state index in [-0.39, 0.29) is 0 Å². The summed E-state index contributed by atoms with van der Waals surface area (Å²) in [6.07, 6.45) is 5.12. The summed E-state index contributed by atoms with van der Waals surface area (Å²) in [6, 6.07) is 0. The van der Waals surface area contributed by atoms with E-state index in [1.165, 1.54) is 0 Å². The van der Waals surface area contributed by atoms with Gasteiger partial charge in [-0.05, 0) is 20.3 Å². The van der Waals surface area contributed by atoms with Gasteiger partial charge in [0.2, 0.25) is 0 Å². The van der Waals surface area contributed by atoms with Gasteiger partial charge >= 0.3 is 0 Å². The molecule has 2 aromatic rings. The number of fused-ring (bicyclic) bond motifs is 1. The van der Waals surface area contributed by atoms with Gasteiger partial charge in [-0.3, -0.25) is 9.58 Å². The molecule has 0 amide bonds. The van der Waals surface area contributed by atoms with Gasteiger partial charge in [0.25, 0.3) is 0 Å². The van der Waals surface area contributed by atoms with E-state index < -0.39 is 0 Å². The highest BCUT2D eigenvalue weighted by Gasteiger charge is 2.21. The first-order valence-electron chi connectivity index (χ1n) is 7.88. The van der Waals surface area contributed by atoms with E-state index in [1.807, 2.05) is 13.2 Å². The van der Waals surface area contributed by atoms with Gasteiger partial charge in [-0.25, -0.2) is 9.97 Å². The minimum Gasteiger partial charge on any atom is -0.373 e. The number of hydrogen-bond donors (Lipinski definition) is 1. The SMILES string of the molecule is CC1CN(CCCNc2ncnc3c2cnn3C)CC(C)O1. The molecule has 3 rings (SSSR count). The summed E-state index contributed by atoms with van der Waals surface area (Å²) in [5, 5.41) is 8.60. The van der Waals surface area contributed by atoms with Crippen molar-refractivity contribution in [3.8, 4) is 0 Å². The molecule has 7 heteroatoms. The van der Waals surface area contributed by atoms with Gasteiger partial charge in [-0.15, -0.1) is 0 Å². The minimum atomic E-state index is 0.327. The number of ether oxygens (including phenoxy) is 1. The third-order valence-electron chi connectivity index (χ3n) is 3.97. The predicted molar refractivity (Wildman–Crippen MR) is 85.9 cm³/mol. The van der Waals surface area contributed by atoms with E-state index in [9.17, 15) is 0 Å². The molecule has 1 aliphatic rings. The second-order valence-electron chi connectivity index (χ2n) is 6.02. The Morgan fingerprint density at radius 3 is 2.82 bits per heavy atom. The summed E-state index contributed by atoms with van der Waals surface area (Å²) < 4.78 is 7.52. The summed E-state index contributed by atoms with van der Waals surface area (Å²) in [5.74, 6) is 0.863. The Labute approximate surface area is 130 Å². The first-order chi connectivity index (χ1) is 10.6. The molecule has 0 saturated carbocycles. The van der Waals surface area contributed by atoms with E-state index in [1.54, 1.807) is 11.0 Å². The number of rotatable bonds is 5. The largest absolute Gasteiger partial charge is 0.373 e. The van der Waals surface area contributed by atoms with Crippen molar-refractivity contribution in [2.24, 2.45) is 7.05 Å². The molecule has 22 heavy (non-hydrogen) atoms. The van der Waals surface area contributed by atoms with Gasteiger partial charge in [-0.1, -0.05) is 0 Å². The molecule has 0 aromatic carbocycles. The molecule has 1 saturated heterocycles. The zero-order valence-corrected chi connectivity index (χ0v) is 13.5. The Bertz CT molecular complexity index is 618. The van der Waals surface area contributed by atoms with Crippen LogP contribution in [0.1, 0.15) is 20.3 Å². The maximum atomic E-state index is 5.76. The number of nitrogens with zero attached hydrogens (tertiary/aromatic N) is 5. The van der Waals surface area contributed by atoms with E-state index in [0.29, 0.717) is 12.2 Å². The van der Waals surface area contributed by atoms with Crippen LogP contribution >= 0.6 is 0 Å². The molecule has 1 N–H and O–H groups in total. The average molecular weight is 304 g/mol. The molecular weight excluding hydrogens is 280 g/mol. The first-order valence-corrected chi connectivity index (χ1v) is 7.88. The van der Waals surface area contributed by atoms with Crippen molar-refractivity contribution in [2.45, 2.75) is 32.5 Å². The number of hydrogen-bond acceptors (Lipinski definition) is 6. The zero-order valence-electron chi connectivity index (χ0n) is 13.5. The topological polar surface area (TPSA) is 68.1 Å². The molecule has 0 bridgehead atoms.